The molecule has 0 atom stereocenters. The Kier molecular flexibility index (Phi) is 18.0. The summed E-state index contributed by atoms with van der Waals surface area (Å²) in [6.45, 7) is 4.86. The zero-order valence-electron chi connectivity index (χ0n) is 23.4. The number of aryl methyl sites for hydroxylation is 2. The van der Waals surface area contributed by atoms with Gasteiger partial charge in [0.2, 0.25) is 0 Å². The molecule has 0 aliphatic carbocycles. The maximum absolute atomic E-state index is 13.0. The first-order chi connectivity index (χ1) is 20.0. The number of carboxylic acid groups (broad SMARTS) is 2. The van der Waals surface area contributed by atoms with Gasteiger partial charge < -0.3 is 10.2 Å². The Bertz CT molecular complexity index is 1440. The molecule has 0 aliphatic heterocycles. The summed E-state index contributed by atoms with van der Waals surface area (Å²) in [6.07, 6.45) is -9.22. The number of carbonyl (C=O) groups is 2. The van der Waals surface area contributed by atoms with Crippen molar-refractivity contribution in [3.63, 3.8) is 0 Å². The van der Waals surface area contributed by atoms with Gasteiger partial charge >= 0.3 is 12.4 Å². The van der Waals surface area contributed by atoms with E-state index in [2.05, 4.69) is 22.3 Å². The molecule has 0 unspecified atom stereocenters. The second-order valence-electron chi connectivity index (χ2n) is 8.26. The number of nitrogens with zero attached hydrogens (tertiary/aromatic N) is 4. The van der Waals surface area contributed by atoms with Gasteiger partial charge in [0.1, 0.15) is 0 Å². The van der Waals surface area contributed by atoms with E-state index in [-0.39, 0.29) is 63.6 Å². The zero-order chi connectivity index (χ0) is 34.2. The molecule has 8 nitrogen and oxygen atoms in total. The molecule has 0 bridgehead atoms. The summed E-state index contributed by atoms with van der Waals surface area (Å²) in [5.41, 5.74) is -2.50. The molecule has 0 saturated heterocycles. The van der Waals surface area contributed by atoms with Gasteiger partial charge in [0.05, 0.1) is 0 Å². The molecule has 0 aliphatic rings. The molecule has 0 amide bonds. The second-order valence-corrected chi connectivity index (χ2v) is 8.26. The number of hydrogen-bond donors (Lipinski definition) is 2. The fourth-order valence-corrected chi connectivity index (χ4v) is 2.92. The minimum atomic E-state index is -4.61. The maximum atomic E-state index is 13.0. The average molecular weight is 855 g/mol. The van der Waals surface area contributed by atoms with Crippen molar-refractivity contribution in [2.24, 2.45) is 0 Å². The van der Waals surface area contributed by atoms with Gasteiger partial charge in [-0.1, -0.05) is 0 Å². The summed E-state index contributed by atoms with van der Waals surface area (Å²) in [4.78, 5) is 18.0. The minimum absolute atomic E-state index is 0. The molecule has 4 aromatic rings. The summed E-state index contributed by atoms with van der Waals surface area (Å²) in [6, 6.07) is 8.62. The zero-order valence-corrected chi connectivity index (χ0v) is 26.5. The topological polar surface area (TPSA) is 110 Å². The van der Waals surface area contributed by atoms with Crippen LogP contribution in [0.4, 0.5) is 43.9 Å². The molecule has 260 valence electrons. The SMILES string of the molecule is CC(=O)O.CC(=O)O.Cc1cc(C(F)(F)F)nn1-c1[c-]c(F)cc(F)c1.Cc1cc(C(F)(F)F)nn1-c1[c-]c(F)cc(F)c1.[Pd].[Pd]. The van der Waals surface area contributed by atoms with E-state index in [1.165, 1.54) is 13.8 Å². The number of benzene rings is 2. The van der Waals surface area contributed by atoms with E-state index < -0.39 is 58.9 Å². The fourth-order valence-electron chi connectivity index (χ4n) is 2.92. The number of alkyl halides is 6. The van der Waals surface area contributed by atoms with Crippen LogP contribution in [0.2, 0.25) is 0 Å². The number of aromatic nitrogens is 4. The largest absolute Gasteiger partial charge is 0.481 e. The van der Waals surface area contributed by atoms with Crippen LogP contribution in [0.15, 0.2) is 36.4 Å². The molecule has 2 aromatic heterocycles. The molecule has 4 rings (SSSR count). The first-order valence-electron chi connectivity index (χ1n) is 11.5. The Morgan fingerprint density at radius 1 is 0.630 bits per heavy atom. The molecule has 0 fully saturated rings. The quantitative estimate of drug-likeness (QED) is 0.132. The van der Waals surface area contributed by atoms with Crippen LogP contribution in [0.1, 0.15) is 36.6 Å². The summed E-state index contributed by atoms with van der Waals surface area (Å²) < 4.78 is 128. The third-order valence-electron chi connectivity index (χ3n) is 4.39. The van der Waals surface area contributed by atoms with Crippen LogP contribution < -0.4 is 0 Å². The molecular weight excluding hydrogens is 835 g/mol. The number of rotatable bonds is 2. The van der Waals surface area contributed by atoms with Crippen molar-refractivity contribution in [1.82, 2.24) is 19.6 Å². The first kappa shape index (κ1) is 44.5. The Balaban J connectivity index is 0. The molecule has 2 aromatic carbocycles. The van der Waals surface area contributed by atoms with Crippen molar-refractivity contribution in [1.29, 1.82) is 0 Å². The van der Waals surface area contributed by atoms with Gasteiger partial charge in [0.25, 0.3) is 11.9 Å². The monoisotopic (exact) mass is 854 g/mol. The van der Waals surface area contributed by atoms with Crippen molar-refractivity contribution in [3.05, 3.63) is 94.6 Å². The number of halogens is 10. The van der Waals surface area contributed by atoms with E-state index in [1.54, 1.807) is 0 Å². The van der Waals surface area contributed by atoms with Crippen LogP contribution in [-0.4, -0.2) is 41.7 Å². The molecule has 0 spiro atoms. The summed E-state index contributed by atoms with van der Waals surface area (Å²) in [7, 11) is 0. The molecular formula is C26H20F10N4O4Pd2-2. The molecule has 46 heavy (non-hydrogen) atoms. The van der Waals surface area contributed by atoms with E-state index in [4.69, 9.17) is 19.8 Å². The summed E-state index contributed by atoms with van der Waals surface area (Å²) in [5.74, 6) is -5.50. The Labute approximate surface area is 281 Å². The van der Waals surface area contributed by atoms with Gasteiger partial charge in [-0.25, -0.2) is 17.6 Å². The maximum Gasteiger partial charge on any atom is 0.435 e. The first-order valence-corrected chi connectivity index (χ1v) is 11.5. The molecule has 20 heteroatoms. The third-order valence-corrected chi connectivity index (χ3v) is 4.39. The van der Waals surface area contributed by atoms with Crippen LogP contribution in [0.3, 0.4) is 0 Å². The van der Waals surface area contributed by atoms with Crippen molar-refractivity contribution in [2.45, 2.75) is 40.0 Å². The fraction of sp³-hybridized carbons (Fsp3) is 0.231. The summed E-state index contributed by atoms with van der Waals surface area (Å²) >= 11 is 0. The van der Waals surface area contributed by atoms with Gasteiger partial charge in [-0.05, 0) is 37.4 Å². The summed E-state index contributed by atoms with van der Waals surface area (Å²) in [5, 5.41) is 21.4. The average Bonchev–Trinajstić information content (AvgIpc) is 3.40. The van der Waals surface area contributed by atoms with Crippen molar-refractivity contribution < 1.29 is 105 Å². The number of hydrogen-bond acceptors (Lipinski definition) is 4. The van der Waals surface area contributed by atoms with Gasteiger partial charge in [0.15, 0.2) is 11.4 Å². The van der Waals surface area contributed by atoms with Crippen molar-refractivity contribution in [2.75, 3.05) is 0 Å². The van der Waals surface area contributed by atoms with Gasteiger partial charge in [-0.15, -0.1) is 36.4 Å². The van der Waals surface area contributed by atoms with Crippen LogP contribution >= 0.6 is 0 Å². The third kappa shape index (κ3) is 15.1. The Morgan fingerprint density at radius 3 is 1.09 bits per heavy atom. The minimum Gasteiger partial charge on any atom is -0.481 e. The van der Waals surface area contributed by atoms with Crippen LogP contribution in [0.5, 0.6) is 0 Å². The van der Waals surface area contributed by atoms with E-state index in [9.17, 15) is 43.9 Å². The van der Waals surface area contributed by atoms with Crippen molar-refractivity contribution >= 4 is 11.9 Å². The predicted molar refractivity (Wildman–Crippen MR) is 131 cm³/mol. The van der Waals surface area contributed by atoms with E-state index in [1.807, 2.05) is 0 Å². The number of carboxylic acids is 2. The molecule has 0 radical (unpaired) electrons. The second kappa shape index (κ2) is 18.5. The number of aliphatic carboxylic acids is 2. The van der Waals surface area contributed by atoms with Crippen LogP contribution in [0.25, 0.3) is 11.4 Å². The Hall–Kier alpha value is -3.58. The molecule has 2 N–H and O–H groups in total. The smallest absolute Gasteiger partial charge is 0.435 e. The van der Waals surface area contributed by atoms with E-state index in [0.717, 1.165) is 47.5 Å². The van der Waals surface area contributed by atoms with Crippen molar-refractivity contribution in [3.8, 4) is 11.4 Å². The predicted octanol–water partition coefficient (Wildman–Crippen LogP) is 6.73. The van der Waals surface area contributed by atoms with Crippen LogP contribution in [0, 0.1) is 49.2 Å². The van der Waals surface area contributed by atoms with E-state index in [0.29, 0.717) is 12.1 Å². The van der Waals surface area contributed by atoms with E-state index >= 15 is 0 Å². The standard InChI is InChI=1S/2C11H6F5N2.2C2H4O2.2Pd/c2*1-6-2-10(11(14,15)16)17-18(6)9-4-7(12)3-8(13)5-9;2*1-2(3)4;;/h2*2-4H,1H3;2*1H3,(H,3,4);;/q2*-1;;;;. The van der Waals surface area contributed by atoms with Gasteiger partial charge in [0, 0.05) is 89.3 Å². The molecule has 0 saturated carbocycles. The van der Waals surface area contributed by atoms with Crippen LogP contribution in [-0.2, 0) is 62.8 Å². The molecule has 2 heterocycles. The van der Waals surface area contributed by atoms with Gasteiger partial charge in [-0.2, -0.15) is 36.5 Å². The van der Waals surface area contributed by atoms with Gasteiger partial charge in [-0.3, -0.25) is 19.0 Å². The normalized spacial score (nSPS) is 10.4. The Morgan fingerprint density at radius 2 is 0.891 bits per heavy atom.